The number of nitrogens with one attached hydrogen (secondary N) is 1. The molecule has 0 saturated heterocycles. The zero-order valence-electron chi connectivity index (χ0n) is 12.0. The minimum atomic E-state index is 0.0581. The van der Waals surface area contributed by atoms with E-state index in [-0.39, 0.29) is 11.9 Å². The van der Waals surface area contributed by atoms with Crippen molar-refractivity contribution < 1.29 is 4.79 Å². The fourth-order valence-corrected chi connectivity index (χ4v) is 2.68. The van der Waals surface area contributed by atoms with E-state index in [1.807, 2.05) is 25.1 Å². The van der Waals surface area contributed by atoms with Gasteiger partial charge in [-0.05, 0) is 36.6 Å². The van der Waals surface area contributed by atoms with Crippen molar-refractivity contribution in [2.24, 2.45) is 5.73 Å². The topological polar surface area (TPSA) is 55.1 Å². The molecule has 0 saturated carbocycles. The zero-order valence-corrected chi connectivity index (χ0v) is 12.8. The molecule has 0 heterocycles. The van der Waals surface area contributed by atoms with Crippen LogP contribution in [0.25, 0.3) is 0 Å². The number of nitrogens with two attached hydrogens (primary N) is 1. The van der Waals surface area contributed by atoms with Gasteiger partial charge in [-0.2, -0.15) is 11.8 Å². The molecule has 0 bridgehead atoms. The van der Waals surface area contributed by atoms with Crippen molar-refractivity contribution in [3.8, 4) is 0 Å². The van der Waals surface area contributed by atoms with Crippen molar-refractivity contribution in [3.05, 3.63) is 29.8 Å². The second-order valence-corrected chi connectivity index (χ2v) is 6.21. The second kappa shape index (κ2) is 8.23. The van der Waals surface area contributed by atoms with Gasteiger partial charge in [-0.25, -0.2) is 0 Å². The predicted molar refractivity (Wildman–Crippen MR) is 84.8 cm³/mol. The molecule has 0 aliphatic rings. The Kier molecular flexibility index (Phi) is 6.95. The normalized spacial score (nSPS) is 12.5. The summed E-state index contributed by atoms with van der Waals surface area (Å²) in [7, 11) is 0. The Balaban J connectivity index is 2.44. The van der Waals surface area contributed by atoms with Crippen LogP contribution >= 0.6 is 11.8 Å². The van der Waals surface area contributed by atoms with Gasteiger partial charge >= 0.3 is 0 Å². The molecule has 1 atom stereocenters. The van der Waals surface area contributed by atoms with Crippen molar-refractivity contribution in [1.82, 2.24) is 0 Å². The van der Waals surface area contributed by atoms with Crippen molar-refractivity contribution in [1.29, 1.82) is 0 Å². The monoisotopic (exact) mass is 280 g/mol. The number of anilines is 1. The first kappa shape index (κ1) is 16.1. The molecule has 0 aliphatic carbocycles. The van der Waals surface area contributed by atoms with E-state index in [0.29, 0.717) is 11.7 Å². The van der Waals surface area contributed by atoms with E-state index in [0.717, 1.165) is 17.9 Å². The molecule has 1 rings (SSSR count). The van der Waals surface area contributed by atoms with Crippen LogP contribution < -0.4 is 11.1 Å². The number of carbonyl (C=O) groups excluding carboxylic acids is 1. The first-order valence-electron chi connectivity index (χ1n) is 6.72. The van der Waals surface area contributed by atoms with Crippen molar-refractivity contribution >= 4 is 23.4 Å². The number of rotatable bonds is 7. The van der Waals surface area contributed by atoms with Crippen LogP contribution in [0.4, 0.5) is 5.69 Å². The summed E-state index contributed by atoms with van der Waals surface area (Å²) < 4.78 is 0. The lowest BCUT2D eigenvalue weighted by atomic mass is 10.0. The van der Waals surface area contributed by atoms with E-state index < -0.39 is 0 Å². The summed E-state index contributed by atoms with van der Waals surface area (Å²) in [5.74, 6) is 1.88. The number of thioether (sulfide) groups is 1. The van der Waals surface area contributed by atoms with Crippen LogP contribution in [0.15, 0.2) is 24.3 Å². The van der Waals surface area contributed by atoms with Gasteiger partial charge < -0.3 is 11.1 Å². The smallest absolute Gasteiger partial charge is 0.234 e. The van der Waals surface area contributed by atoms with E-state index >= 15 is 0 Å². The Bertz CT molecular complexity index is 405. The van der Waals surface area contributed by atoms with Crippen LogP contribution in [0.2, 0.25) is 0 Å². The molecule has 0 fully saturated rings. The fourth-order valence-electron chi connectivity index (χ4n) is 1.73. The van der Waals surface area contributed by atoms with Crippen LogP contribution in [-0.4, -0.2) is 23.5 Å². The molecule has 0 radical (unpaired) electrons. The molecule has 1 aromatic rings. The predicted octanol–water partition coefficient (Wildman–Crippen LogP) is 3.22. The number of para-hydroxylation sites is 1. The minimum Gasteiger partial charge on any atom is -0.328 e. The fraction of sp³-hybridized carbons (Fsp3) is 0.533. The molecule has 0 spiro atoms. The van der Waals surface area contributed by atoms with Crippen molar-refractivity contribution in [2.75, 3.05) is 16.8 Å². The first-order valence-corrected chi connectivity index (χ1v) is 7.88. The Labute approximate surface area is 120 Å². The average molecular weight is 280 g/mol. The summed E-state index contributed by atoms with van der Waals surface area (Å²) >= 11 is 1.63. The quantitative estimate of drug-likeness (QED) is 0.754. The highest BCUT2D eigenvalue weighted by Crippen LogP contribution is 2.23. The van der Waals surface area contributed by atoms with Gasteiger partial charge in [0, 0.05) is 11.7 Å². The number of hydrogen-bond acceptors (Lipinski definition) is 3. The van der Waals surface area contributed by atoms with Gasteiger partial charge in [0.05, 0.1) is 5.75 Å². The maximum Gasteiger partial charge on any atom is 0.234 e. The molecule has 1 amide bonds. The summed E-state index contributed by atoms with van der Waals surface area (Å²) in [6, 6.07) is 8.17. The summed E-state index contributed by atoms with van der Waals surface area (Å²) in [6.45, 7) is 6.24. The van der Waals surface area contributed by atoms with E-state index in [1.165, 1.54) is 5.56 Å². The van der Waals surface area contributed by atoms with E-state index in [2.05, 4.69) is 25.2 Å². The Morgan fingerprint density at radius 2 is 2.00 bits per heavy atom. The molecule has 4 heteroatoms. The summed E-state index contributed by atoms with van der Waals surface area (Å²) in [5, 5.41) is 2.99. The van der Waals surface area contributed by atoms with Gasteiger partial charge in [-0.15, -0.1) is 0 Å². The van der Waals surface area contributed by atoms with Gasteiger partial charge in [0.15, 0.2) is 0 Å². The molecule has 3 N–H and O–H groups in total. The standard InChI is InChI=1S/C15H24N2OS/c1-11(2)13-6-4-5-7-14(13)17-15(18)10-19-9-8-12(3)16/h4-7,11-12H,8-10,16H2,1-3H3,(H,17,18). The molecule has 1 unspecified atom stereocenters. The molecular weight excluding hydrogens is 256 g/mol. The van der Waals surface area contributed by atoms with Gasteiger partial charge in [0.25, 0.3) is 0 Å². The largest absolute Gasteiger partial charge is 0.328 e. The number of hydrogen-bond donors (Lipinski definition) is 2. The zero-order chi connectivity index (χ0) is 14.3. The third kappa shape index (κ3) is 6.12. The third-order valence-corrected chi connectivity index (χ3v) is 3.80. The highest BCUT2D eigenvalue weighted by atomic mass is 32.2. The third-order valence-electron chi connectivity index (χ3n) is 2.81. The number of amides is 1. The molecule has 19 heavy (non-hydrogen) atoms. The van der Waals surface area contributed by atoms with Gasteiger partial charge in [-0.3, -0.25) is 4.79 Å². The molecule has 3 nitrogen and oxygen atoms in total. The van der Waals surface area contributed by atoms with Crippen LogP contribution in [-0.2, 0) is 4.79 Å². The van der Waals surface area contributed by atoms with Gasteiger partial charge in [0.2, 0.25) is 5.91 Å². The van der Waals surface area contributed by atoms with Crippen LogP contribution in [0.1, 0.15) is 38.7 Å². The van der Waals surface area contributed by atoms with Crippen molar-refractivity contribution in [3.63, 3.8) is 0 Å². The SMILES string of the molecule is CC(N)CCSCC(=O)Nc1ccccc1C(C)C. The highest BCUT2D eigenvalue weighted by Gasteiger charge is 2.09. The molecule has 0 aromatic heterocycles. The Morgan fingerprint density at radius 1 is 1.32 bits per heavy atom. The Hall–Kier alpha value is -1.00. The average Bonchev–Trinajstić information content (AvgIpc) is 2.35. The number of carbonyl (C=O) groups is 1. The van der Waals surface area contributed by atoms with Crippen LogP contribution in [0.3, 0.4) is 0 Å². The van der Waals surface area contributed by atoms with Gasteiger partial charge in [-0.1, -0.05) is 32.0 Å². The summed E-state index contributed by atoms with van der Waals surface area (Å²) in [5.41, 5.74) is 7.78. The van der Waals surface area contributed by atoms with E-state index in [4.69, 9.17) is 5.73 Å². The second-order valence-electron chi connectivity index (χ2n) is 5.11. The van der Waals surface area contributed by atoms with E-state index in [9.17, 15) is 4.79 Å². The maximum absolute atomic E-state index is 11.9. The molecule has 0 aliphatic heterocycles. The van der Waals surface area contributed by atoms with Crippen molar-refractivity contribution in [2.45, 2.75) is 39.2 Å². The lowest BCUT2D eigenvalue weighted by Gasteiger charge is -2.13. The summed E-state index contributed by atoms with van der Waals surface area (Å²) in [4.78, 5) is 11.9. The van der Waals surface area contributed by atoms with Crippen LogP contribution in [0.5, 0.6) is 0 Å². The summed E-state index contributed by atoms with van der Waals surface area (Å²) in [6.07, 6.45) is 0.945. The van der Waals surface area contributed by atoms with E-state index in [1.54, 1.807) is 11.8 Å². The lowest BCUT2D eigenvalue weighted by molar-refractivity contribution is -0.113. The van der Waals surface area contributed by atoms with Gasteiger partial charge in [0.1, 0.15) is 0 Å². The highest BCUT2D eigenvalue weighted by molar-refractivity contribution is 7.99. The molecular formula is C15H24N2OS. The lowest BCUT2D eigenvalue weighted by Crippen LogP contribution is -2.18. The maximum atomic E-state index is 11.9. The molecule has 106 valence electrons. The molecule has 1 aromatic carbocycles. The minimum absolute atomic E-state index is 0.0581. The Morgan fingerprint density at radius 3 is 2.63 bits per heavy atom. The number of benzene rings is 1. The first-order chi connectivity index (χ1) is 9.00. The van der Waals surface area contributed by atoms with Crippen LogP contribution in [0, 0.1) is 0 Å².